The third-order valence-electron chi connectivity index (χ3n) is 6.61. The predicted octanol–water partition coefficient (Wildman–Crippen LogP) is 2.13. The van der Waals surface area contributed by atoms with Gasteiger partial charge in [-0.2, -0.15) is 0 Å². The quantitative estimate of drug-likeness (QED) is 0.775. The van der Waals surface area contributed by atoms with Crippen molar-refractivity contribution in [3.05, 3.63) is 0 Å². The molecule has 6 nitrogen and oxygen atoms in total. The average Bonchev–Trinajstić information content (AvgIpc) is 2.84. The molecule has 1 heterocycles. The molecule has 2 aliphatic carbocycles. The predicted molar refractivity (Wildman–Crippen MR) is 93.0 cm³/mol. The Balaban J connectivity index is 1.75. The Kier molecular flexibility index (Phi) is 4.36. The number of hydrogen-bond donors (Lipinski definition) is 2. The molecule has 2 saturated carbocycles. The summed E-state index contributed by atoms with van der Waals surface area (Å²) in [5.74, 6) is -5.65. The molecular formula is C19H28F2N2O4. The Morgan fingerprint density at radius 2 is 1.74 bits per heavy atom. The molecule has 2 amide bonds. The minimum absolute atomic E-state index is 0.0967. The number of fused-ring (bicyclic) bond motifs is 1. The minimum atomic E-state index is -2.82. The summed E-state index contributed by atoms with van der Waals surface area (Å²) in [6.45, 7) is 9.64. The van der Waals surface area contributed by atoms with E-state index in [1.807, 2.05) is 13.8 Å². The zero-order valence-electron chi connectivity index (χ0n) is 16.4. The molecule has 2 N–H and O–H groups in total. The van der Waals surface area contributed by atoms with Crippen LogP contribution >= 0.6 is 0 Å². The minimum Gasteiger partial charge on any atom is -0.480 e. The topological polar surface area (TPSA) is 86.7 Å². The van der Waals surface area contributed by atoms with E-state index < -0.39 is 60.0 Å². The Labute approximate surface area is 157 Å². The van der Waals surface area contributed by atoms with E-state index in [9.17, 15) is 28.3 Å². The molecule has 3 fully saturated rings. The average molecular weight is 386 g/mol. The number of hydrogen-bond acceptors (Lipinski definition) is 3. The van der Waals surface area contributed by atoms with Crippen LogP contribution in [0, 0.1) is 28.6 Å². The second-order valence-electron chi connectivity index (χ2n) is 10.00. The summed E-state index contributed by atoms with van der Waals surface area (Å²) in [7, 11) is 0. The van der Waals surface area contributed by atoms with E-state index >= 15 is 0 Å². The highest BCUT2D eigenvalue weighted by Gasteiger charge is 2.70. The van der Waals surface area contributed by atoms with Gasteiger partial charge in [0.15, 0.2) is 0 Å². The van der Waals surface area contributed by atoms with Crippen molar-refractivity contribution >= 4 is 17.8 Å². The Hall–Kier alpha value is -1.73. The molecule has 0 unspecified atom stereocenters. The number of nitrogens with one attached hydrogen (secondary N) is 1. The molecule has 27 heavy (non-hydrogen) atoms. The number of carboxylic acid groups (broad SMARTS) is 1. The third kappa shape index (κ3) is 3.31. The molecule has 3 rings (SSSR count). The molecule has 152 valence electrons. The van der Waals surface area contributed by atoms with Crippen LogP contribution in [0.4, 0.5) is 8.78 Å². The van der Waals surface area contributed by atoms with Crippen LogP contribution in [0.5, 0.6) is 0 Å². The largest absolute Gasteiger partial charge is 0.480 e. The lowest BCUT2D eigenvalue weighted by Crippen LogP contribution is -2.59. The fraction of sp³-hybridized carbons (Fsp3) is 0.842. The van der Waals surface area contributed by atoms with Gasteiger partial charge in [-0.05, 0) is 16.7 Å². The monoisotopic (exact) mass is 386 g/mol. The first-order chi connectivity index (χ1) is 12.2. The van der Waals surface area contributed by atoms with Crippen LogP contribution in [0.2, 0.25) is 0 Å². The van der Waals surface area contributed by atoms with Crippen molar-refractivity contribution in [2.24, 2.45) is 28.6 Å². The van der Waals surface area contributed by atoms with Gasteiger partial charge in [-0.25, -0.2) is 13.6 Å². The fourth-order valence-corrected chi connectivity index (χ4v) is 4.72. The lowest BCUT2D eigenvalue weighted by molar-refractivity contribution is -0.157. The van der Waals surface area contributed by atoms with Crippen molar-refractivity contribution in [2.45, 2.75) is 65.5 Å². The molecule has 3 aliphatic rings. The summed E-state index contributed by atoms with van der Waals surface area (Å²) < 4.78 is 26.1. The van der Waals surface area contributed by atoms with Crippen molar-refractivity contribution in [1.29, 1.82) is 0 Å². The summed E-state index contributed by atoms with van der Waals surface area (Å²) in [6.07, 6.45) is -1.02. The fourth-order valence-electron chi connectivity index (χ4n) is 4.72. The van der Waals surface area contributed by atoms with E-state index in [2.05, 4.69) is 5.32 Å². The Morgan fingerprint density at radius 3 is 2.19 bits per heavy atom. The molecule has 4 atom stereocenters. The van der Waals surface area contributed by atoms with Gasteiger partial charge in [0.25, 0.3) is 0 Å². The van der Waals surface area contributed by atoms with Gasteiger partial charge in [0.2, 0.25) is 17.7 Å². The number of amides is 2. The number of piperidine rings is 1. The van der Waals surface area contributed by atoms with E-state index in [1.165, 1.54) is 4.90 Å². The Morgan fingerprint density at radius 1 is 1.19 bits per heavy atom. The highest BCUT2D eigenvalue weighted by Crippen LogP contribution is 2.65. The molecule has 0 spiro atoms. The molecule has 0 radical (unpaired) electrons. The number of carbonyl (C=O) groups is 3. The first kappa shape index (κ1) is 20.0. The summed E-state index contributed by atoms with van der Waals surface area (Å²) in [4.78, 5) is 38.7. The summed E-state index contributed by atoms with van der Waals surface area (Å²) >= 11 is 0. The van der Waals surface area contributed by atoms with Crippen LogP contribution < -0.4 is 5.32 Å². The standard InChI is InChI=1S/C19H28F2N2O4/c1-17(2,3)13(22-14(24)9-6-19(20,21)7-9)15(25)23-8-10-11(18(10,4)5)12(23)16(26)27/h9-13H,6-8H2,1-5H3,(H,22,24)(H,26,27)/t10-,11-,12-,13+/m0/s1. The highest BCUT2D eigenvalue weighted by atomic mass is 19.3. The van der Waals surface area contributed by atoms with Crippen LogP contribution in [0.15, 0.2) is 0 Å². The number of halogens is 2. The molecule has 1 saturated heterocycles. The van der Waals surface area contributed by atoms with Gasteiger partial charge in [0, 0.05) is 31.2 Å². The highest BCUT2D eigenvalue weighted by molar-refractivity contribution is 5.92. The third-order valence-corrected chi connectivity index (χ3v) is 6.61. The number of rotatable bonds is 4. The Bertz CT molecular complexity index is 678. The number of aliphatic carboxylic acids is 1. The summed E-state index contributed by atoms with van der Waals surface area (Å²) in [5.41, 5.74) is -0.789. The van der Waals surface area contributed by atoms with Gasteiger partial charge in [-0.3, -0.25) is 9.59 Å². The van der Waals surface area contributed by atoms with Crippen LogP contribution in [0.3, 0.4) is 0 Å². The van der Waals surface area contributed by atoms with Gasteiger partial charge in [-0.15, -0.1) is 0 Å². The second kappa shape index (κ2) is 5.88. The number of nitrogens with zero attached hydrogens (tertiary/aromatic N) is 1. The summed E-state index contributed by atoms with van der Waals surface area (Å²) in [5, 5.41) is 12.3. The van der Waals surface area contributed by atoms with E-state index in [4.69, 9.17) is 0 Å². The smallest absolute Gasteiger partial charge is 0.326 e. The number of carboxylic acids is 1. The van der Waals surface area contributed by atoms with Gasteiger partial charge in [0.1, 0.15) is 12.1 Å². The van der Waals surface area contributed by atoms with E-state index in [0.29, 0.717) is 6.54 Å². The van der Waals surface area contributed by atoms with E-state index in [0.717, 1.165) is 0 Å². The van der Waals surface area contributed by atoms with Crippen molar-refractivity contribution < 1.29 is 28.3 Å². The van der Waals surface area contributed by atoms with Crippen molar-refractivity contribution in [3.8, 4) is 0 Å². The SMILES string of the molecule is CC(C)(C)[C@H](NC(=O)C1CC(F)(F)C1)C(=O)N1C[C@H]2[C@@H]([C@H]1C(=O)O)C2(C)C. The molecule has 0 aromatic heterocycles. The van der Waals surface area contributed by atoms with Gasteiger partial charge in [-0.1, -0.05) is 34.6 Å². The van der Waals surface area contributed by atoms with E-state index in [-0.39, 0.29) is 17.3 Å². The maximum absolute atomic E-state index is 13.2. The first-order valence-electron chi connectivity index (χ1n) is 9.38. The van der Waals surface area contributed by atoms with Crippen molar-refractivity contribution in [3.63, 3.8) is 0 Å². The van der Waals surface area contributed by atoms with Crippen LogP contribution in [-0.4, -0.2) is 52.3 Å². The van der Waals surface area contributed by atoms with Crippen molar-refractivity contribution in [1.82, 2.24) is 10.2 Å². The molecular weight excluding hydrogens is 358 g/mol. The zero-order valence-corrected chi connectivity index (χ0v) is 16.4. The summed E-state index contributed by atoms with van der Waals surface area (Å²) in [6, 6.07) is -1.87. The normalized spacial score (nSPS) is 32.3. The van der Waals surface area contributed by atoms with Crippen molar-refractivity contribution in [2.75, 3.05) is 6.54 Å². The lowest BCUT2D eigenvalue weighted by atomic mass is 9.79. The zero-order chi connectivity index (χ0) is 20.5. The first-order valence-corrected chi connectivity index (χ1v) is 9.38. The van der Waals surface area contributed by atoms with Gasteiger partial charge in [0.05, 0.1) is 0 Å². The maximum Gasteiger partial charge on any atom is 0.326 e. The molecule has 1 aliphatic heterocycles. The van der Waals surface area contributed by atoms with Gasteiger partial charge >= 0.3 is 5.97 Å². The number of carbonyl (C=O) groups excluding carboxylic acids is 2. The van der Waals surface area contributed by atoms with Gasteiger partial charge < -0.3 is 15.3 Å². The molecule has 8 heteroatoms. The maximum atomic E-state index is 13.2. The van der Waals surface area contributed by atoms with Crippen LogP contribution in [0.1, 0.15) is 47.5 Å². The molecule has 0 bridgehead atoms. The van der Waals surface area contributed by atoms with E-state index in [1.54, 1.807) is 20.8 Å². The number of likely N-dealkylation sites (tertiary alicyclic amines) is 1. The number of alkyl halides is 2. The molecule has 0 aromatic carbocycles. The van der Waals surface area contributed by atoms with Crippen LogP contribution in [-0.2, 0) is 14.4 Å². The van der Waals surface area contributed by atoms with Crippen LogP contribution in [0.25, 0.3) is 0 Å². The lowest BCUT2D eigenvalue weighted by Gasteiger charge is -2.39. The second-order valence-corrected chi connectivity index (χ2v) is 10.00. The molecule has 0 aromatic rings.